The molecule has 0 saturated heterocycles. The van der Waals surface area contributed by atoms with Crippen LogP contribution in [0.25, 0.3) is 11.0 Å². The van der Waals surface area contributed by atoms with E-state index in [1.54, 1.807) is 33.6 Å². The average molecular weight is 347 g/mol. The largest absolute Gasteiger partial charge is 0.497 e. The van der Waals surface area contributed by atoms with Crippen molar-refractivity contribution in [3.8, 4) is 17.2 Å². The molecule has 1 aromatic carbocycles. The maximum atomic E-state index is 12.6. The Labute approximate surface area is 141 Å². The SMILES string of the molecule is COc1ccc2nc(S(=O)Cc3cc(OC)c(OC)cn3)[nH]c2c1. The van der Waals surface area contributed by atoms with E-state index in [1.807, 2.05) is 18.2 Å². The highest BCUT2D eigenvalue weighted by molar-refractivity contribution is 7.84. The van der Waals surface area contributed by atoms with Gasteiger partial charge in [0.1, 0.15) is 5.75 Å². The van der Waals surface area contributed by atoms with Crippen molar-refractivity contribution in [1.29, 1.82) is 0 Å². The second kappa shape index (κ2) is 6.88. The number of rotatable bonds is 6. The van der Waals surface area contributed by atoms with Gasteiger partial charge in [-0.15, -0.1) is 0 Å². The maximum Gasteiger partial charge on any atom is 0.197 e. The summed E-state index contributed by atoms with van der Waals surface area (Å²) in [6, 6.07) is 7.16. The molecular formula is C16H17N3O4S. The highest BCUT2D eigenvalue weighted by Crippen LogP contribution is 2.27. The maximum absolute atomic E-state index is 12.6. The van der Waals surface area contributed by atoms with Crippen LogP contribution in [-0.4, -0.2) is 40.5 Å². The minimum absolute atomic E-state index is 0.220. The van der Waals surface area contributed by atoms with Gasteiger partial charge < -0.3 is 19.2 Å². The number of methoxy groups -OCH3 is 3. The molecule has 0 spiro atoms. The first kappa shape index (κ1) is 16.3. The second-order valence-electron chi connectivity index (χ2n) is 4.95. The third-order valence-electron chi connectivity index (χ3n) is 3.49. The van der Waals surface area contributed by atoms with Crippen molar-refractivity contribution in [1.82, 2.24) is 15.0 Å². The number of nitrogens with zero attached hydrogens (tertiary/aromatic N) is 2. The normalized spacial score (nSPS) is 12.1. The molecule has 0 bridgehead atoms. The zero-order valence-corrected chi connectivity index (χ0v) is 14.3. The van der Waals surface area contributed by atoms with Crippen LogP contribution in [0, 0.1) is 0 Å². The van der Waals surface area contributed by atoms with E-state index in [0.717, 1.165) is 11.0 Å². The summed E-state index contributed by atoms with van der Waals surface area (Å²) in [7, 11) is 3.32. The van der Waals surface area contributed by atoms with E-state index in [2.05, 4.69) is 15.0 Å². The predicted molar refractivity (Wildman–Crippen MR) is 90.1 cm³/mol. The van der Waals surface area contributed by atoms with Gasteiger partial charge in [-0.1, -0.05) is 0 Å². The fourth-order valence-electron chi connectivity index (χ4n) is 2.26. The quantitative estimate of drug-likeness (QED) is 0.736. The van der Waals surface area contributed by atoms with Crippen molar-refractivity contribution in [2.75, 3.05) is 21.3 Å². The van der Waals surface area contributed by atoms with Crippen LogP contribution in [-0.2, 0) is 16.6 Å². The molecule has 0 amide bonds. The van der Waals surface area contributed by atoms with Crippen molar-refractivity contribution < 1.29 is 18.4 Å². The van der Waals surface area contributed by atoms with Gasteiger partial charge in [-0.3, -0.25) is 9.19 Å². The molecule has 0 saturated carbocycles. The van der Waals surface area contributed by atoms with Crippen molar-refractivity contribution >= 4 is 21.8 Å². The topological polar surface area (TPSA) is 86.3 Å². The van der Waals surface area contributed by atoms with E-state index < -0.39 is 10.8 Å². The molecule has 0 aliphatic carbocycles. The van der Waals surface area contributed by atoms with Crippen LogP contribution in [0.3, 0.4) is 0 Å². The third kappa shape index (κ3) is 3.18. The number of imidazole rings is 1. The van der Waals surface area contributed by atoms with Crippen molar-refractivity contribution in [3.63, 3.8) is 0 Å². The van der Waals surface area contributed by atoms with E-state index in [9.17, 15) is 4.21 Å². The molecule has 1 unspecified atom stereocenters. The molecule has 3 aromatic rings. The molecule has 2 heterocycles. The number of fused-ring (bicyclic) bond motifs is 1. The van der Waals surface area contributed by atoms with Crippen LogP contribution < -0.4 is 14.2 Å². The van der Waals surface area contributed by atoms with Crippen molar-refractivity contribution in [3.05, 3.63) is 36.2 Å². The number of aromatic nitrogens is 3. The molecule has 7 nitrogen and oxygen atoms in total. The first-order chi connectivity index (χ1) is 11.6. The molecule has 1 N–H and O–H groups in total. The second-order valence-corrected chi connectivity index (χ2v) is 6.31. The Bertz CT molecular complexity index is 894. The lowest BCUT2D eigenvalue weighted by atomic mass is 10.3. The lowest BCUT2D eigenvalue weighted by molar-refractivity contribution is 0.353. The van der Waals surface area contributed by atoms with Gasteiger partial charge in [-0.25, -0.2) is 4.98 Å². The van der Waals surface area contributed by atoms with Gasteiger partial charge in [-0.2, -0.15) is 0 Å². The lowest BCUT2D eigenvalue weighted by Gasteiger charge is -2.08. The average Bonchev–Trinajstić information content (AvgIpc) is 3.04. The fourth-order valence-corrected chi connectivity index (χ4v) is 3.25. The number of ether oxygens (including phenoxy) is 3. The van der Waals surface area contributed by atoms with Crippen LogP contribution in [0.2, 0.25) is 0 Å². The van der Waals surface area contributed by atoms with Crippen LogP contribution in [0.1, 0.15) is 5.69 Å². The summed E-state index contributed by atoms with van der Waals surface area (Å²) >= 11 is 0. The van der Waals surface area contributed by atoms with E-state index >= 15 is 0 Å². The molecule has 126 valence electrons. The summed E-state index contributed by atoms with van der Waals surface area (Å²) < 4.78 is 28.1. The molecule has 24 heavy (non-hydrogen) atoms. The Morgan fingerprint density at radius 3 is 2.58 bits per heavy atom. The van der Waals surface area contributed by atoms with Gasteiger partial charge in [0.2, 0.25) is 0 Å². The Morgan fingerprint density at radius 2 is 1.88 bits per heavy atom. The highest BCUT2D eigenvalue weighted by Gasteiger charge is 2.14. The van der Waals surface area contributed by atoms with Crippen molar-refractivity contribution in [2.45, 2.75) is 10.9 Å². The summed E-state index contributed by atoms with van der Waals surface area (Å²) in [5, 5.41) is 0.398. The zero-order chi connectivity index (χ0) is 17.1. The first-order valence-electron chi connectivity index (χ1n) is 7.13. The van der Waals surface area contributed by atoms with Crippen molar-refractivity contribution in [2.24, 2.45) is 0 Å². The Morgan fingerprint density at radius 1 is 1.08 bits per heavy atom. The number of pyridine rings is 1. The van der Waals surface area contributed by atoms with Crippen LogP contribution in [0.15, 0.2) is 35.6 Å². The summed E-state index contributed by atoms with van der Waals surface area (Å²) in [5.74, 6) is 2.01. The number of hydrogen-bond acceptors (Lipinski definition) is 6. The van der Waals surface area contributed by atoms with Crippen LogP contribution in [0.5, 0.6) is 17.2 Å². The van der Waals surface area contributed by atoms with E-state index in [-0.39, 0.29) is 5.75 Å². The number of H-pyrrole nitrogens is 1. The number of hydrogen-bond donors (Lipinski definition) is 1. The smallest absolute Gasteiger partial charge is 0.197 e. The van der Waals surface area contributed by atoms with Crippen LogP contribution >= 0.6 is 0 Å². The molecule has 2 aromatic heterocycles. The number of benzene rings is 1. The minimum Gasteiger partial charge on any atom is -0.497 e. The van der Waals surface area contributed by atoms with Gasteiger partial charge in [0.05, 0.1) is 60.8 Å². The standard InChI is InChI=1S/C16H17N3O4S/c1-21-11-4-5-12-13(7-11)19-16(18-12)24(20)9-10-6-14(22-2)15(23-3)8-17-10/h4-8H,9H2,1-3H3,(H,18,19). The molecule has 1 atom stereocenters. The van der Waals surface area contributed by atoms with Gasteiger partial charge in [0.25, 0.3) is 0 Å². The highest BCUT2D eigenvalue weighted by atomic mass is 32.2. The lowest BCUT2D eigenvalue weighted by Crippen LogP contribution is -2.02. The molecule has 0 fully saturated rings. The van der Waals surface area contributed by atoms with Gasteiger partial charge in [-0.05, 0) is 12.1 Å². The molecule has 0 aliphatic rings. The van der Waals surface area contributed by atoms with E-state index in [0.29, 0.717) is 28.1 Å². The molecule has 3 rings (SSSR count). The first-order valence-corrected chi connectivity index (χ1v) is 8.45. The number of aromatic amines is 1. The van der Waals surface area contributed by atoms with Gasteiger partial charge in [0, 0.05) is 12.1 Å². The monoisotopic (exact) mass is 347 g/mol. The third-order valence-corrected chi connectivity index (χ3v) is 4.67. The Balaban J connectivity index is 1.84. The summed E-state index contributed by atoms with van der Waals surface area (Å²) in [4.78, 5) is 11.7. The fraction of sp³-hybridized carbons (Fsp3) is 0.250. The van der Waals surface area contributed by atoms with E-state index in [4.69, 9.17) is 14.2 Å². The Hall–Kier alpha value is -2.61. The molecule has 0 aliphatic heterocycles. The zero-order valence-electron chi connectivity index (χ0n) is 13.5. The molecule has 8 heteroatoms. The number of nitrogens with one attached hydrogen (secondary N) is 1. The van der Waals surface area contributed by atoms with Gasteiger partial charge >= 0.3 is 0 Å². The molecular weight excluding hydrogens is 330 g/mol. The van der Waals surface area contributed by atoms with E-state index in [1.165, 1.54) is 0 Å². The van der Waals surface area contributed by atoms with Crippen LogP contribution in [0.4, 0.5) is 0 Å². The molecule has 0 radical (unpaired) electrons. The summed E-state index contributed by atoms with van der Waals surface area (Å²) in [6.07, 6.45) is 1.55. The minimum atomic E-state index is -1.36. The van der Waals surface area contributed by atoms with Gasteiger partial charge in [0.15, 0.2) is 16.7 Å². The summed E-state index contributed by atoms with van der Waals surface area (Å²) in [6.45, 7) is 0. The summed E-state index contributed by atoms with van der Waals surface area (Å²) in [5.41, 5.74) is 2.14. The predicted octanol–water partition coefficient (Wildman–Crippen LogP) is 2.29. The Kier molecular flexibility index (Phi) is 4.66.